The summed E-state index contributed by atoms with van der Waals surface area (Å²) in [6.45, 7) is 2.93. The van der Waals surface area contributed by atoms with Crippen LogP contribution in [-0.4, -0.2) is 48.4 Å². The van der Waals surface area contributed by atoms with Crippen LogP contribution in [0.4, 0.5) is 4.39 Å². The number of hydrogen-bond donors (Lipinski definition) is 2. The largest absolute Gasteiger partial charge is 0.474 e. The molecule has 104 valence electrons. The molecule has 0 rings (SSSR count). The summed E-state index contributed by atoms with van der Waals surface area (Å²) in [5, 5.41) is 18.1. The monoisotopic (exact) mass is 274 g/mol. The van der Waals surface area contributed by atoms with Gasteiger partial charge in [0.1, 0.15) is 6.10 Å². The van der Waals surface area contributed by atoms with E-state index in [0.717, 1.165) is 6.92 Å². The fraction of sp³-hybridized carbons (Fsp3) is 1.00. The predicted octanol–water partition coefficient (Wildman–Crippen LogP) is 1.27. The van der Waals surface area contributed by atoms with Crippen molar-refractivity contribution in [3.8, 4) is 0 Å². The second-order valence-electron chi connectivity index (χ2n) is 3.53. The van der Waals surface area contributed by atoms with Crippen LogP contribution in [0.3, 0.4) is 0 Å². The van der Waals surface area contributed by atoms with E-state index in [1.807, 2.05) is 0 Å². The molecule has 0 spiro atoms. The molecule has 0 fully saturated rings. The fourth-order valence-electron chi connectivity index (χ4n) is 0.869. The smallest absolute Gasteiger partial charge is 0.393 e. The van der Waals surface area contributed by atoms with Gasteiger partial charge >= 0.3 is 7.82 Å². The molecule has 0 saturated carbocycles. The third-order valence-electron chi connectivity index (χ3n) is 1.97. The highest BCUT2D eigenvalue weighted by molar-refractivity contribution is 7.48. The maximum Gasteiger partial charge on any atom is 0.474 e. The predicted molar refractivity (Wildman–Crippen MR) is 59.4 cm³/mol. The average Bonchev–Trinajstić information content (AvgIpc) is 2.26. The Bertz CT molecular complexity index is 250. The summed E-state index contributed by atoms with van der Waals surface area (Å²) in [5.41, 5.74) is -2.23. The number of hydrogen-bond acceptors (Lipinski definition) is 6. The van der Waals surface area contributed by atoms with Gasteiger partial charge in [0.05, 0.1) is 26.4 Å². The van der Waals surface area contributed by atoms with Gasteiger partial charge in [-0.2, -0.15) is 0 Å². The molecule has 17 heavy (non-hydrogen) atoms. The first kappa shape index (κ1) is 17.0. The third kappa shape index (κ3) is 5.90. The minimum Gasteiger partial charge on any atom is -0.393 e. The quantitative estimate of drug-likeness (QED) is 0.616. The van der Waals surface area contributed by atoms with Crippen LogP contribution in [0.25, 0.3) is 0 Å². The summed E-state index contributed by atoms with van der Waals surface area (Å²) < 4.78 is 39.5. The van der Waals surface area contributed by atoms with Crippen molar-refractivity contribution >= 4 is 7.82 Å². The summed E-state index contributed by atoms with van der Waals surface area (Å²) in [5.74, 6) is 0. The zero-order valence-corrected chi connectivity index (χ0v) is 11.2. The molecular weight excluding hydrogens is 254 g/mol. The summed E-state index contributed by atoms with van der Waals surface area (Å²) in [7, 11) is -3.76. The van der Waals surface area contributed by atoms with E-state index in [2.05, 4.69) is 0 Å². The Balaban J connectivity index is 4.36. The minimum absolute atomic E-state index is 0.0975. The molecule has 0 aromatic heterocycles. The van der Waals surface area contributed by atoms with E-state index in [1.165, 1.54) is 0 Å². The van der Waals surface area contributed by atoms with Crippen molar-refractivity contribution in [2.45, 2.75) is 32.5 Å². The molecule has 0 saturated heterocycles. The second kappa shape index (κ2) is 7.41. The van der Waals surface area contributed by atoms with Gasteiger partial charge in [0, 0.05) is 0 Å². The lowest BCUT2D eigenvalue weighted by Gasteiger charge is -2.25. The van der Waals surface area contributed by atoms with Gasteiger partial charge in [0.25, 0.3) is 0 Å². The Morgan fingerprint density at radius 3 is 2.12 bits per heavy atom. The second-order valence-corrected chi connectivity index (χ2v) is 5.20. The van der Waals surface area contributed by atoms with Crippen LogP contribution in [0.5, 0.6) is 0 Å². The zero-order chi connectivity index (χ0) is 13.5. The Labute approximate surface area is 100 Å². The Morgan fingerprint density at radius 2 is 1.76 bits per heavy atom. The van der Waals surface area contributed by atoms with E-state index in [9.17, 15) is 14.1 Å². The highest BCUT2D eigenvalue weighted by atomic mass is 31.2. The summed E-state index contributed by atoms with van der Waals surface area (Å²) >= 11 is 0. The number of aliphatic hydroxyl groups is 2. The van der Waals surface area contributed by atoms with Crippen molar-refractivity contribution in [2.24, 2.45) is 0 Å². The topological polar surface area (TPSA) is 85.2 Å². The summed E-state index contributed by atoms with van der Waals surface area (Å²) in [6, 6.07) is 0. The van der Waals surface area contributed by atoms with Crippen molar-refractivity contribution in [3.05, 3.63) is 0 Å². The molecule has 0 amide bonds. The van der Waals surface area contributed by atoms with Gasteiger partial charge in [0.2, 0.25) is 0 Å². The lowest BCUT2D eigenvalue weighted by Crippen LogP contribution is -2.41. The van der Waals surface area contributed by atoms with E-state index in [1.54, 1.807) is 13.8 Å². The maximum absolute atomic E-state index is 13.4. The SMILES string of the molecule is CCOP(=O)(OCC)OC[C@@H](O)[C@@](C)(F)CO. The first-order chi connectivity index (χ1) is 7.81. The lowest BCUT2D eigenvalue weighted by atomic mass is 10.0. The minimum atomic E-state index is -3.76. The Kier molecular flexibility index (Phi) is 7.39. The molecule has 0 aliphatic heterocycles. The molecular formula is C9H20FO6P. The molecule has 0 radical (unpaired) electrons. The van der Waals surface area contributed by atoms with Gasteiger partial charge in [-0.15, -0.1) is 0 Å². The first-order valence-corrected chi connectivity index (χ1v) is 6.79. The molecule has 0 heterocycles. The molecule has 2 atom stereocenters. The van der Waals surface area contributed by atoms with Crippen LogP contribution >= 0.6 is 7.82 Å². The molecule has 2 N–H and O–H groups in total. The molecule has 6 nitrogen and oxygen atoms in total. The van der Waals surface area contributed by atoms with Gasteiger partial charge in [-0.25, -0.2) is 8.96 Å². The summed E-state index contributed by atoms with van der Waals surface area (Å²) in [4.78, 5) is 0. The van der Waals surface area contributed by atoms with Crippen molar-refractivity contribution in [2.75, 3.05) is 26.4 Å². The van der Waals surface area contributed by atoms with Crippen molar-refractivity contribution < 1.29 is 32.7 Å². The Morgan fingerprint density at radius 1 is 1.29 bits per heavy atom. The average molecular weight is 274 g/mol. The van der Waals surface area contributed by atoms with E-state index < -0.39 is 32.8 Å². The number of halogens is 1. The van der Waals surface area contributed by atoms with Crippen LogP contribution in [0, 0.1) is 0 Å². The standard InChI is InChI=1S/C9H20FO6P/c1-4-14-17(13,15-5-2)16-6-8(12)9(3,10)7-11/h8,11-12H,4-7H2,1-3H3/t8-,9+/m1/s1. The van der Waals surface area contributed by atoms with Gasteiger partial charge < -0.3 is 10.2 Å². The lowest BCUT2D eigenvalue weighted by molar-refractivity contribution is -0.0585. The fourth-order valence-corrected chi connectivity index (χ4v) is 2.05. The molecule has 0 aliphatic rings. The summed E-state index contributed by atoms with van der Waals surface area (Å²) in [6.07, 6.45) is -1.62. The van der Waals surface area contributed by atoms with E-state index in [4.69, 9.17) is 18.7 Å². The number of rotatable bonds is 9. The van der Waals surface area contributed by atoms with E-state index >= 15 is 0 Å². The van der Waals surface area contributed by atoms with Crippen molar-refractivity contribution in [1.82, 2.24) is 0 Å². The first-order valence-electron chi connectivity index (χ1n) is 5.32. The van der Waals surface area contributed by atoms with Gasteiger partial charge in [-0.3, -0.25) is 13.6 Å². The number of phosphoric ester groups is 1. The van der Waals surface area contributed by atoms with Crippen molar-refractivity contribution in [1.29, 1.82) is 0 Å². The van der Waals surface area contributed by atoms with Crippen LogP contribution in [-0.2, 0) is 18.1 Å². The van der Waals surface area contributed by atoms with Crippen LogP contribution < -0.4 is 0 Å². The van der Waals surface area contributed by atoms with Crippen LogP contribution in [0.15, 0.2) is 0 Å². The van der Waals surface area contributed by atoms with Crippen LogP contribution in [0.1, 0.15) is 20.8 Å². The highest BCUT2D eigenvalue weighted by Crippen LogP contribution is 2.49. The Hall–Kier alpha value is -0.0400. The third-order valence-corrected chi connectivity index (χ3v) is 3.58. The van der Waals surface area contributed by atoms with Gasteiger partial charge in [0.15, 0.2) is 5.67 Å². The molecule has 0 bridgehead atoms. The molecule has 0 aliphatic carbocycles. The highest BCUT2D eigenvalue weighted by Gasteiger charge is 2.35. The molecule has 8 heteroatoms. The maximum atomic E-state index is 13.4. The molecule has 0 aromatic rings. The molecule has 0 aromatic carbocycles. The van der Waals surface area contributed by atoms with E-state index in [-0.39, 0.29) is 13.2 Å². The van der Waals surface area contributed by atoms with Gasteiger partial charge in [-0.1, -0.05) is 0 Å². The number of alkyl halides is 1. The number of aliphatic hydroxyl groups excluding tert-OH is 2. The van der Waals surface area contributed by atoms with Gasteiger partial charge in [-0.05, 0) is 20.8 Å². The zero-order valence-electron chi connectivity index (χ0n) is 10.3. The number of phosphoric acid groups is 1. The normalized spacial score (nSPS) is 17.8. The van der Waals surface area contributed by atoms with Crippen molar-refractivity contribution in [3.63, 3.8) is 0 Å². The molecule has 0 unspecified atom stereocenters. The van der Waals surface area contributed by atoms with Crippen LogP contribution in [0.2, 0.25) is 0 Å². The van der Waals surface area contributed by atoms with E-state index in [0.29, 0.717) is 0 Å².